The van der Waals surface area contributed by atoms with Crippen LogP contribution in [0.25, 0.3) is 28.0 Å². The molecule has 0 aliphatic heterocycles. The first-order valence-electron chi connectivity index (χ1n) is 10.9. The average Bonchev–Trinajstić information content (AvgIpc) is 3.28. The van der Waals surface area contributed by atoms with Crippen LogP contribution >= 0.6 is 11.6 Å². The van der Waals surface area contributed by atoms with E-state index in [9.17, 15) is 4.79 Å². The Balaban J connectivity index is 1.71. The van der Waals surface area contributed by atoms with Gasteiger partial charge < -0.3 is 15.6 Å². The van der Waals surface area contributed by atoms with Gasteiger partial charge in [-0.15, -0.1) is 0 Å². The van der Waals surface area contributed by atoms with Crippen LogP contribution in [0.2, 0.25) is 5.02 Å². The smallest absolute Gasteiger partial charge is 0.267 e. The SMILES string of the molecule is CC[C@H](Nc1ncnc(N)c1-c1noc(C)n1)c1nc2cccc(Cl)c2c(=O)n1-c1ccccc1. The van der Waals surface area contributed by atoms with Crippen molar-refractivity contribution in [2.45, 2.75) is 26.3 Å². The Morgan fingerprint density at radius 3 is 2.63 bits per heavy atom. The lowest BCUT2D eigenvalue weighted by molar-refractivity contribution is 0.394. The molecule has 0 saturated heterocycles. The van der Waals surface area contributed by atoms with Crippen LogP contribution < -0.4 is 16.6 Å². The molecule has 0 aliphatic carbocycles. The summed E-state index contributed by atoms with van der Waals surface area (Å²) in [6.45, 7) is 3.66. The van der Waals surface area contributed by atoms with Crippen LogP contribution in [0.5, 0.6) is 0 Å². The van der Waals surface area contributed by atoms with E-state index < -0.39 is 6.04 Å². The molecule has 11 heteroatoms. The van der Waals surface area contributed by atoms with Crippen LogP contribution in [-0.2, 0) is 0 Å². The normalized spacial score (nSPS) is 12.1. The molecule has 2 aromatic carbocycles. The number of nitrogen functional groups attached to an aromatic ring is 1. The molecule has 0 bridgehead atoms. The van der Waals surface area contributed by atoms with Gasteiger partial charge in [-0.25, -0.2) is 15.0 Å². The van der Waals surface area contributed by atoms with Crippen molar-refractivity contribution in [2.75, 3.05) is 11.1 Å². The molecule has 0 amide bonds. The molecule has 0 aliphatic rings. The summed E-state index contributed by atoms with van der Waals surface area (Å²) in [5.41, 5.74) is 7.46. The van der Waals surface area contributed by atoms with Crippen molar-refractivity contribution in [3.8, 4) is 17.1 Å². The minimum Gasteiger partial charge on any atom is -0.383 e. The molecule has 35 heavy (non-hydrogen) atoms. The summed E-state index contributed by atoms with van der Waals surface area (Å²) in [4.78, 5) is 31.3. The third-order valence-corrected chi connectivity index (χ3v) is 5.86. The summed E-state index contributed by atoms with van der Waals surface area (Å²) >= 11 is 6.40. The van der Waals surface area contributed by atoms with Crippen LogP contribution in [0.4, 0.5) is 11.6 Å². The Labute approximate surface area is 204 Å². The molecule has 0 fully saturated rings. The van der Waals surface area contributed by atoms with Gasteiger partial charge >= 0.3 is 0 Å². The first kappa shape index (κ1) is 22.5. The standard InChI is InChI=1S/C24H21ClN8O2/c1-3-16(30-21-19(20(26)27-12-28-21)22-29-13(2)35-32-22)23-31-17-11-7-10-15(25)18(17)24(34)33(23)14-8-5-4-6-9-14/h4-12,16H,3H2,1-2H3,(H3,26,27,28,30)/t16-/m0/s1. The third-order valence-electron chi connectivity index (χ3n) is 5.55. The molecule has 1 atom stereocenters. The lowest BCUT2D eigenvalue weighted by Gasteiger charge is -2.23. The quantitative estimate of drug-likeness (QED) is 0.357. The van der Waals surface area contributed by atoms with Crippen molar-refractivity contribution >= 4 is 34.1 Å². The second-order valence-corrected chi connectivity index (χ2v) is 8.21. The molecule has 10 nitrogen and oxygen atoms in total. The Morgan fingerprint density at radius 1 is 1.11 bits per heavy atom. The van der Waals surface area contributed by atoms with Crippen molar-refractivity contribution in [3.05, 3.63) is 81.9 Å². The number of hydrogen-bond acceptors (Lipinski definition) is 9. The van der Waals surface area contributed by atoms with Gasteiger partial charge in [0.15, 0.2) is 0 Å². The number of rotatable bonds is 6. The minimum atomic E-state index is -0.438. The van der Waals surface area contributed by atoms with E-state index in [4.69, 9.17) is 26.8 Å². The predicted octanol–water partition coefficient (Wildman–Crippen LogP) is 4.33. The molecule has 5 aromatic rings. The first-order valence-corrected chi connectivity index (χ1v) is 11.3. The van der Waals surface area contributed by atoms with Crippen molar-refractivity contribution < 1.29 is 4.52 Å². The van der Waals surface area contributed by atoms with Crippen LogP contribution in [0.15, 0.2) is 64.2 Å². The number of nitrogens with one attached hydrogen (secondary N) is 1. The van der Waals surface area contributed by atoms with Gasteiger partial charge in [-0.2, -0.15) is 4.98 Å². The van der Waals surface area contributed by atoms with Gasteiger partial charge in [-0.05, 0) is 30.7 Å². The highest BCUT2D eigenvalue weighted by atomic mass is 35.5. The van der Waals surface area contributed by atoms with Crippen molar-refractivity contribution in [1.82, 2.24) is 29.7 Å². The lowest BCUT2D eigenvalue weighted by Crippen LogP contribution is -2.28. The third kappa shape index (κ3) is 4.08. The summed E-state index contributed by atoms with van der Waals surface area (Å²) in [5, 5.41) is 8.04. The van der Waals surface area contributed by atoms with Crippen molar-refractivity contribution in [1.29, 1.82) is 0 Å². The number of fused-ring (bicyclic) bond motifs is 1. The number of hydrogen-bond donors (Lipinski definition) is 2. The average molecular weight is 489 g/mol. The van der Waals surface area contributed by atoms with Gasteiger partial charge in [0.1, 0.15) is 29.4 Å². The van der Waals surface area contributed by atoms with E-state index in [1.165, 1.54) is 6.33 Å². The van der Waals surface area contributed by atoms with E-state index in [0.717, 1.165) is 0 Å². The number of aromatic nitrogens is 6. The monoisotopic (exact) mass is 488 g/mol. The number of aryl methyl sites for hydroxylation is 1. The minimum absolute atomic E-state index is 0.192. The van der Waals surface area contributed by atoms with Crippen molar-refractivity contribution in [3.63, 3.8) is 0 Å². The largest absolute Gasteiger partial charge is 0.383 e. The number of nitrogens with two attached hydrogens (primary N) is 1. The Hall–Kier alpha value is -4.31. The number of benzene rings is 2. The maximum Gasteiger partial charge on any atom is 0.267 e. The maximum absolute atomic E-state index is 13.7. The maximum atomic E-state index is 13.7. The van der Waals surface area contributed by atoms with E-state index in [0.29, 0.717) is 51.1 Å². The molecule has 0 spiro atoms. The zero-order valence-corrected chi connectivity index (χ0v) is 19.7. The molecular formula is C24H21ClN8O2. The van der Waals surface area contributed by atoms with Gasteiger partial charge in [0.2, 0.25) is 11.7 Å². The van der Waals surface area contributed by atoms with E-state index in [1.807, 2.05) is 37.3 Å². The molecule has 5 rings (SSSR count). The van der Waals surface area contributed by atoms with Gasteiger partial charge in [0.05, 0.1) is 27.7 Å². The van der Waals surface area contributed by atoms with E-state index >= 15 is 0 Å². The summed E-state index contributed by atoms with van der Waals surface area (Å²) in [6, 6.07) is 14.1. The van der Waals surface area contributed by atoms with Crippen LogP contribution in [-0.4, -0.2) is 29.7 Å². The fourth-order valence-corrected chi connectivity index (χ4v) is 4.16. The van der Waals surface area contributed by atoms with Gasteiger partial charge in [-0.1, -0.05) is 47.9 Å². The fourth-order valence-electron chi connectivity index (χ4n) is 3.91. The number of nitrogens with zero attached hydrogens (tertiary/aromatic N) is 6. The molecule has 0 unspecified atom stereocenters. The van der Waals surface area contributed by atoms with E-state index in [1.54, 1.807) is 29.7 Å². The lowest BCUT2D eigenvalue weighted by atomic mass is 10.1. The molecular weight excluding hydrogens is 468 g/mol. The highest BCUT2D eigenvalue weighted by molar-refractivity contribution is 6.35. The number of para-hydroxylation sites is 1. The number of anilines is 2. The first-order chi connectivity index (χ1) is 17.0. The second-order valence-electron chi connectivity index (χ2n) is 7.80. The molecule has 0 radical (unpaired) electrons. The van der Waals surface area contributed by atoms with Crippen LogP contribution in [0, 0.1) is 6.92 Å². The Morgan fingerprint density at radius 2 is 1.91 bits per heavy atom. The molecule has 3 N–H and O–H groups in total. The number of halogens is 1. The summed E-state index contributed by atoms with van der Waals surface area (Å²) in [7, 11) is 0. The van der Waals surface area contributed by atoms with Gasteiger partial charge in [0, 0.05) is 6.92 Å². The Bertz CT molecular complexity index is 1580. The zero-order chi connectivity index (χ0) is 24.5. The highest BCUT2D eigenvalue weighted by Gasteiger charge is 2.24. The van der Waals surface area contributed by atoms with Crippen LogP contribution in [0.3, 0.4) is 0 Å². The van der Waals surface area contributed by atoms with E-state index in [2.05, 4.69) is 25.4 Å². The summed E-state index contributed by atoms with van der Waals surface area (Å²) in [5.74, 6) is 1.72. The summed E-state index contributed by atoms with van der Waals surface area (Å²) < 4.78 is 6.69. The second kappa shape index (κ2) is 9.15. The zero-order valence-electron chi connectivity index (χ0n) is 18.9. The molecule has 176 valence electrons. The molecule has 0 saturated carbocycles. The Kier molecular flexibility index (Phi) is 5.87. The highest BCUT2D eigenvalue weighted by Crippen LogP contribution is 2.32. The topological polar surface area (TPSA) is 138 Å². The molecule has 3 aromatic heterocycles. The van der Waals surface area contributed by atoms with Gasteiger partial charge in [0.25, 0.3) is 5.56 Å². The van der Waals surface area contributed by atoms with Gasteiger partial charge in [-0.3, -0.25) is 9.36 Å². The van der Waals surface area contributed by atoms with Crippen LogP contribution in [0.1, 0.15) is 31.1 Å². The van der Waals surface area contributed by atoms with Crippen molar-refractivity contribution in [2.24, 2.45) is 0 Å². The van der Waals surface area contributed by atoms with E-state index in [-0.39, 0.29) is 17.2 Å². The molecule has 3 heterocycles. The summed E-state index contributed by atoms with van der Waals surface area (Å²) in [6.07, 6.45) is 1.92. The predicted molar refractivity (Wildman–Crippen MR) is 133 cm³/mol. The fraction of sp³-hybridized carbons (Fsp3) is 0.167.